The van der Waals surface area contributed by atoms with Crippen LogP contribution in [0.25, 0.3) is 0 Å². The second-order valence-corrected chi connectivity index (χ2v) is 5.60. The molecule has 19 heavy (non-hydrogen) atoms. The van der Waals surface area contributed by atoms with Gasteiger partial charge >= 0.3 is 0 Å². The van der Waals surface area contributed by atoms with Crippen LogP contribution in [0.3, 0.4) is 0 Å². The summed E-state index contributed by atoms with van der Waals surface area (Å²) in [6.45, 7) is 4.40. The Morgan fingerprint density at radius 3 is 2.95 bits per heavy atom. The lowest BCUT2D eigenvalue weighted by Gasteiger charge is -2.15. The monoisotopic (exact) mass is 329 g/mol. The number of aliphatic hydroxyl groups excluding tert-OH is 1. The van der Waals surface area contributed by atoms with Crippen LogP contribution < -0.4 is 14.8 Å². The Morgan fingerprint density at radius 2 is 2.16 bits per heavy atom. The van der Waals surface area contributed by atoms with Crippen molar-refractivity contribution in [2.24, 2.45) is 0 Å². The van der Waals surface area contributed by atoms with Gasteiger partial charge in [-0.15, -0.1) is 0 Å². The summed E-state index contributed by atoms with van der Waals surface area (Å²) in [6, 6.07) is 4.36. The van der Waals surface area contributed by atoms with Gasteiger partial charge < -0.3 is 19.9 Å². The molecule has 0 saturated carbocycles. The zero-order chi connectivity index (χ0) is 13.7. The van der Waals surface area contributed by atoms with Crippen LogP contribution in [-0.2, 0) is 6.54 Å². The molecule has 0 spiro atoms. The van der Waals surface area contributed by atoms with Crippen LogP contribution in [0, 0.1) is 0 Å². The van der Waals surface area contributed by atoms with E-state index in [0.717, 1.165) is 40.9 Å². The smallest absolute Gasteiger partial charge is 0.175 e. The molecule has 0 amide bonds. The van der Waals surface area contributed by atoms with E-state index in [0.29, 0.717) is 19.3 Å². The topological polar surface area (TPSA) is 50.7 Å². The summed E-state index contributed by atoms with van der Waals surface area (Å²) in [4.78, 5) is 0. The first-order chi connectivity index (χ1) is 9.20. The van der Waals surface area contributed by atoms with Gasteiger partial charge in [-0.2, -0.15) is 0 Å². The third kappa shape index (κ3) is 4.09. The number of nitrogens with one attached hydrogen (secondary N) is 1. The number of halogens is 1. The molecule has 0 aromatic heterocycles. The number of hydrogen-bond acceptors (Lipinski definition) is 4. The standard InChI is InChI=1S/C14H20BrNO3/c1-10(3-4-17)16-9-11-7-12(15)14-13(8-11)18-5-2-6-19-14/h7-8,10,16-17H,2-6,9H2,1H3. The van der Waals surface area contributed by atoms with E-state index in [9.17, 15) is 0 Å². The van der Waals surface area contributed by atoms with Crippen molar-refractivity contribution in [3.05, 3.63) is 22.2 Å². The zero-order valence-corrected chi connectivity index (χ0v) is 12.7. The van der Waals surface area contributed by atoms with Gasteiger partial charge in [0.2, 0.25) is 0 Å². The fourth-order valence-corrected chi connectivity index (χ4v) is 2.58. The highest BCUT2D eigenvalue weighted by atomic mass is 79.9. The molecule has 1 unspecified atom stereocenters. The molecule has 0 fully saturated rings. The Balaban J connectivity index is 2.06. The second kappa shape index (κ2) is 7.12. The van der Waals surface area contributed by atoms with E-state index in [1.54, 1.807) is 0 Å². The van der Waals surface area contributed by atoms with E-state index in [4.69, 9.17) is 14.6 Å². The highest BCUT2D eigenvalue weighted by Crippen LogP contribution is 2.38. The predicted molar refractivity (Wildman–Crippen MR) is 77.8 cm³/mol. The Hall–Kier alpha value is -0.780. The van der Waals surface area contributed by atoms with Gasteiger partial charge in [-0.1, -0.05) is 0 Å². The van der Waals surface area contributed by atoms with E-state index in [-0.39, 0.29) is 6.61 Å². The third-order valence-corrected chi connectivity index (χ3v) is 3.67. The number of aliphatic hydroxyl groups is 1. The molecular formula is C14H20BrNO3. The third-order valence-electron chi connectivity index (χ3n) is 3.08. The molecule has 5 heteroatoms. The Kier molecular flexibility index (Phi) is 5.48. The van der Waals surface area contributed by atoms with Crippen molar-refractivity contribution in [3.8, 4) is 11.5 Å². The van der Waals surface area contributed by atoms with Gasteiger partial charge in [0, 0.05) is 25.6 Å². The molecule has 4 nitrogen and oxygen atoms in total. The maximum absolute atomic E-state index is 8.88. The summed E-state index contributed by atoms with van der Waals surface area (Å²) >= 11 is 3.53. The molecule has 0 radical (unpaired) electrons. The average Bonchev–Trinajstić information content (AvgIpc) is 2.62. The van der Waals surface area contributed by atoms with Gasteiger partial charge in [0.25, 0.3) is 0 Å². The molecule has 1 aromatic rings. The van der Waals surface area contributed by atoms with E-state index in [2.05, 4.69) is 28.2 Å². The summed E-state index contributed by atoms with van der Waals surface area (Å²) in [6.07, 6.45) is 1.66. The number of hydrogen-bond donors (Lipinski definition) is 2. The van der Waals surface area contributed by atoms with Gasteiger partial charge in [-0.3, -0.25) is 0 Å². The minimum Gasteiger partial charge on any atom is -0.490 e. The number of ether oxygens (including phenoxy) is 2. The normalized spacial score (nSPS) is 15.9. The molecule has 1 aromatic carbocycles. The fourth-order valence-electron chi connectivity index (χ4n) is 1.97. The lowest BCUT2D eigenvalue weighted by Crippen LogP contribution is -2.26. The van der Waals surface area contributed by atoms with Crippen molar-refractivity contribution < 1.29 is 14.6 Å². The van der Waals surface area contributed by atoms with Crippen molar-refractivity contribution in [1.82, 2.24) is 5.32 Å². The van der Waals surface area contributed by atoms with Gasteiger partial charge in [0.15, 0.2) is 11.5 Å². The predicted octanol–water partition coefficient (Wildman–Crippen LogP) is 2.47. The van der Waals surface area contributed by atoms with Crippen LogP contribution in [0.4, 0.5) is 0 Å². The molecule has 2 rings (SSSR count). The van der Waals surface area contributed by atoms with Crippen molar-refractivity contribution in [2.75, 3.05) is 19.8 Å². The van der Waals surface area contributed by atoms with Gasteiger partial charge in [0.05, 0.1) is 17.7 Å². The van der Waals surface area contributed by atoms with Crippen LogP contribution in [0.1, 0.15) is 25.3 Å². The first-order valence-corrected chi connectivity index (χ1v) is 7.42. The van der Waals surface area contributed by atoms with E-state index in [1.165, 1.54) is 0 Å². The summed E-state index contributed by atoms with van der Waals surface area (Å²) in [5.41, 5.74) is 1.14. The Labute approximate surface area is 122 Å². The fraction of sp³-hybridized carbons (Fsp3) is 0.571. The van der Waals surface area contributed by atoms with Crippen LogP contribution in [0.15, 0.2) is 16.6 Å². The molecule has 0 bridgehead atoms. The number of fused-ring (bicyclic) bond motifs is 1. The van der Waals surface area contributed by atoms with Gasteiger partial charge in [-0.05, 0) is 47.0 Å². The SMILES string of the molecule is CC(CCO)NCc1cc(Br)c2c(c1)OCCCO2. The van der Waals surface area contributed by atoms with Crippen LogP contribution in [-0.4, -0.2) is 31.0 Å². The average molecular weight is 330 g/mol. The molecule has 1 aliphatic rings. The quantitative estimate of drug-likeness (QED) is 0.871. The summed E-state index contributed by atoms with van der Waals surface area (Å²) in [7, 11) is 0. The molecule has 0 aliphatic carbocycles. The molecule has 1 aliphatic heterocycles. The minimum atomic E-state index is 0.207. The van der Waals surface area contributed by atoms with Crippen LogP contribution >= 0.6 is 15.9 Å². The summed E-state index contributed by atoms with van der Waals surface area (Å²) in [5.74, 6) is 1.60. The number of benzene rings is 1. The van der Waals surface area contributed by atoms with E-state index < -0.39 is 0 Å². The van der Waals surface area contributed by atoms with Crippen molar-refractivity contribution >= 4 is 15.9 Å². The van der Waals surface area contributed by atoms with Gasteiger partial charge in [0.1, 0.15) is 0 Å². The van der Waals surface area contributed by atoms with Crippen molar-refractivity contribution in [1.29, 1.82) is 0 Å². The van der Waals surface area contributed by atoms with E-state index in [1.807, 2.05) is 12.1 Å². The summed E-state index contributed by atoms with van der Waals surface area (Å²) < 4.78 is 12.3. The highest BCUT2D eigenvalue weighted by Gasteiger charge is 2.15. The Morgan fingerprint density at radius 1 is 1.37 bits per heavy atom. The maximum Gasteiger partial charge on any atom is 0.175 e. The van der Waals surface area contributed by atoms with Gasteiger partial charge in [-0.25, -0.2) is 0 Å². The number of rotatable bonds is 5. The minimum absolute atomic E-state index is 0.207. The largest absolute Gasteiger partial charge is 0.490 e. The molecule has 1 atom stereocenters. The lowest BCUT2D eigenvalue weighted by atomic mass is 10.1. The first kappa shape index (κ1) is 14.6. The first-order valence-electron chi connectivity index (χ1n) is 6.63. The highest BCUT2D eigenvalue weighted by molar-refractivity contribution is 9.10. The van der Waals surface area contributed by atoms with Crippen molar-refractivity contribution in [3.63, 3.8) is 0 Å². The molecule has 0 saturated heterocycles. The maximum atomic E-state index is 8.88. The zero-order valence-electron chi connectivity index (χ0n) is 11.1. The van der Waals surface area contributed by atoms with Crippen molar-refractivity contribution in [2.45, 2.75) is 32.4 Å². The second-order valence-electron chi connectivity index (χ2n) is 4.75. The molecule has 2 N–H and O–H groups in total. The van der Waals surface area contributed by atoms with E-state index >= 15 is 0 Å². The van der Waals surface area contributed by atoms with Crippen LogP contribution in [0.5, 0.6) is 11.5 Å². The molecule has 106 valence electrons. The lowest BCUT2D eigenvalue weighted by molar-refractivity contribution is 0.268. The van der Waals surface area contributed by atoms with Crippen LogP contribution in [0.2, 0.25) is 0 Å². The molecular weight excluding hydrogens is 310 g/mol. The molecule has 1 heterocycles. The summed E-state index contributed by atoms with van der Waals surface area (Å²) in [5, 5.41) is 12.3. The Bertz CT molecular complexity index is 425.